The number of anilines is 1. The van der Waals surface area contributed by atoms with Gasteiger partial charge in [0.05, 0.1) is 31.2 Å². The number of nitrogens with one attached hydrogen (secondary N) is 2. The number of allylic oxidation sites excluding steroid dienone is 2. The quantitative estimate of drug-likeness (QED) is 0.390. The molecule has 1 aromatic carbocycles. The highest BCUT2D eigenvalue weighted by molar-refractivity contribution is 7.96. The minimum absolute atomic E-state index is 0.0110. The van der Waals surface area contributed by atoms with Gasteiger partial charge >= 0.3 is 5.97 Å². The number of ether oxygens (including phenoxy) is 1. The van der Waals surface area contributed by atoms with E-state index in [4.69, 9.17) is 4.74 Å². The van der Waals surface area contributed by atoms with Gasteiger partial charge in [0.2, 0.25) is 0 Å². The summed E-state index contributed by atoms with van der Waals surface area (Å²) in [4.78, 5) is 19.5. The Morgan fingerprint density at radius 2 is 2.26 bits per heavy atom. The van der Waals surface area contributed by atoms with Crippen LogP contribution in [0, 0.1) is 0 Å². The van der Waals surface area contributed by atoms with Gasteiger partial charge < -0.3 is 20.1 Å². The molecular formula is C25H25N5O3S. The van der Waals surface area contributed by atoms with Gasteiger partial charge in [0.1, 0.15) is 11.6 Å². The topological polar surface area (TPSA) is 103 Å². The van der Waals surface area contributed by atoms with Crippen molar-refractivity contribution in [3.8, 4) is 5.75 Å². The second-order valence-electron chi connectivity index (χ2n) is 8.13. The summed E-state index contributed by atoms with van der Waals surface area (Å²) >= 11 is 1.39. The van der Waals surface area contributed by atoms with E-state index in [-0.39, 0.29) is 18.4 Å². The van der Waals surface area contributed by atoms with E-state index >= 15 is 0 Å². The molecule has 0 saturated carbocycles. The lowest BCUT2D eigenvalue weighted by molar-refractivity contribution is -0.137. The van der Waals surface area contributed by atoms with Crippen LogP contribution in [-0.4, -0.2) is 51.3 Å². The van der Waals surface area contributed by atoms with Crippen LogP contribution in [0.25, 0.3) is 10.9 Å². The first-order valence-corrected chi connectivity index (χ1v) is 11.8. The number of aromatic amines is 1. The van der Waals surface area contributed by atoms with Gasteiger partial charge in [-0.25, -0.2) is 9.38 Å². The van der Waals surface area contributed by atoms with E-state index in [1.54, 1.807) is 0 Å². The van der Waals surface area contributed by atoms with Crippen molar-refractivity contribution >= 4 is 41.0 Å². The first kappa shape index (κ1) is 22.1. The zero-order valence-corrected chi connectivity index (χ0v) is 19.5. The summed E-state index contributed by atoms with van der Waals surface area (Å²) in [5, 5.41) is 13.6. The van der Waals surface area contributed by atoms with Crippen LogP contribution in [0.3, 0.4) is 0 Å². The van der Waals surface area contributed by atoms with E-state index in [2.05, 4.69) is 25.8 Å². The molecule has 0 aliphatic carbocycles. The lowest BCUT2D eigenvalue weighted by Crippen LogP contribution is -2.24. The van der Waals surface area contributed by atoms with Gasteiger partial charge in [-0.1, -0.05) is 12.1 Å². The SMILES string of the molecule is CNc1cccc(CCOc2ccc3c(C(CC(=O)O)C4=CC5C=NSN5C=C4)c[nH]c3c2)n1. The molecule has 34 heavy (non-hydrogen) atoms. The maximum absolute atomic E-state index is 11.7. The monoisotopic (exact) mass is 475 g/mol. The summed E-state index contributed by atoms with van der Waals surface area (Å²) in [7, 11) is 1.85. The van der Waals surface area contributed by atoms with E-state index in [0.717, 1.165) is 39.3 Å². The molecule has 2 aromatic heterocycles. The number of hydrogen-bond acceptors (Lipinski definition) is 7. The van der Waals surface area contributed by atoms with Crippen LogP contribution in [0.4, 0.5) is 5.82 Å². The molecule has 3 N–H and O–H groups in total. The van der Waals surface area contributed by atoms with E-state index in [9.17, 15) is 9.90 Å². The molecule has 0 saturated heterocycles. The summed E-state index contributed by atoms with van der Waals surface area (Å²) in [6, 6.07) is 11.8. The van der Waals surface area contributed by atoms with Crippen LogP contribution in [0.5, 0.6) is 5.75 Å². The molecule has 3 aromatic rings. The molecule has 2 atom stereocenters. The van der Waals surface area contributed by atoms with Crippen molar-refractivity contribution in [2.75, 3.05) is 19.0 Å². The summed E-state index contributed by atoms with van der Waals surface area (Å²) in [6.07, 6.45) is 10.5. The van der Waals surface area contributed by atoms with Crippen molar-refractivity contribution < 1.29 is 14.6 Å². The van der Waals surface area contributed by atoms with Crippen LogP contribution >= 0.6 is 12.1 Å². The van der Waals surface area contributed by atoms with Crippen molar-refractivity contribution in [2.24, 2.45) is 4.40 Å². The standard InChI is InChI=1S/C25H25N5O3S/c1-26-24-4-2-3-17(29-24)8-10-33-19-5-6-20-22(15-27-23(20)12-19)21(13-25(31)32)16-7-9-30-18(11-16)14-28-34-30/h2-7,9,11-12,14-15,18,21,27H,8,10,13H2,1H3,(H,26,29)(H,31,32). The van der Waals surface area contributed by atoms with E-state index < -0.39 is 5.97 Å². The largest absolute Gasteiger partial charge is 0.493 e. The number of fused-ring (bicyclic) bond motifs is 2. The Hall–Kier alpha value is -3.72. The Morgan fingerprint density at radius 1 is 1.35 bits per heavy atom. The van der Waals surface area contributed by atoms with E-state index in [1.165, 1.54) is 12.1 Å². The number of pyridine rings is 1. The number of aliphatic carboxylic acids is 1. The van der Waals surface area contributed by atoms with Crippen LogP contribution in [0.2, 0.25) is 0 Å². The number of rotatable bonds is 9. The number of carbonyl (C=O) groups is 1. The molecule has 0 spiro atoms. The van der Waals surface area contributed by atoms with Gasteiger partial charge in [-0.05, 0) is 41.5 Å². The van der Waals surface area contributed by atoms with Crippen molar-refractivity contribution in [1.82, 2.24) is 14.3 Å². The molecule has 9 heteroatoms. The van der Waals surface area contributed by atoms with Crippen molar-refractivity contribution in [3.63, 3.8) is 0 Å². The van der Waals surface area contributed by atoms with Crippen LogP contribution < -0.4 is 10.1 Å². The lowest BCUT2D eigenvalue weighted by Gasteiger charge is -2.25. The predicted molar refractivity (Wildman–Crippen MR) is 135 cm³/mol. The van der Waals surface area contributed by atoms with Crippen LogP contribution in [0.1, 0.15) is 23.6 Å². The van der Waals surface area contributed by atoms with Crippen LogP contribution in [-0.2, 0) is 11.2 Å². The maximum Gasteiger partial charge on any atom is 0.304 e. The van der Waals surface area contributed by atoms with Gasteiger partial charge in [-0.2, -0.15) is 0 Å². The number of benzene rings is 1. The molecule has 2 unspecified atom stereocenters. The summed E-state index contributed by atoms with van der Waals surface area (Å²) < 4.78 is 12.2. The Labute approximate surface area is 201 Å². The third kappa shape index (κ3) is 4.65. The van der Waals surface area contributed by atoms with Gasteiger partial charge in [0, 0.05) is 60.7 Å². The first-order chi connectivity index (χ1) is 16.6. The molecule has 0 fully saturated rings. The molecule has 5 rings (SSSR count). The zero-order chi connectivity index (χ0) is 23.5. The number of hydrogen-bond donors (Lipinski definition) is 3. The van der Waals surface area contributed by atoms with E-state index in [0.29, 0.717) is 13.0 Å². The third-order valence-electron chi connectivity index (χ3n) is 5.96. The smallest absolute Gasteiger partial charge is 0.304 e. The number of aromatic nitrogens is 2. The van der Waals surface area contributed by atoms with Crippen molar-refractivity contribution in [3.05, 3.63) is 77.8 Å². The first-order valence-electron chi connectivity index (χ1n) is 11.1. The maximum atomic E-state index is 11.7. The Bertz CT molecular complexity index is 1300. The number of carboxylic acids is 1. The molecule has 2 aliphatic rings. The number of H-pyrrole nitrogens is 1. The van der Waals surface area contributed by atoms with Gasteiger partial charge in [0.25, 0.3) is 0 Å². The molecule has 0 amide bonds. The number of carboxylic acid groups (broad SMARTS) is 1. The third-order valence-corrected chi connectivity index (χ3v) is 6.73. The fourth-order valence-corrected chi connectivity index (χ4v) is 4.90. The van der Waals surface area contributed by atoms with E-state index in [1.807, 2.05) is 72.4 Å². The second-order valence-corrected chi connectivity index (χ2v) is 8.93. The average Bonchev–Trinajstić information content (AvgIpc) is 3.49. The Morgan fingerprint density at radius 3 is 3.12 bits per heavy atom. The van der Waals surface area contributed by atoms with Crippen LogP contribution in [0.15, 0.2) is 70.9 Å². The highest BCUT2D eigenvalue weighted by Crippen LogP contribution is 2.38. The normalized spacial score (nSPS) is 17.5. The van der Waals surface area contributed by atoms with Crippen molar-refractivity contribution in [1.29, 1.82) is 0 Å². The number of nitrogens with zero attached hydrogens (tertiary/aromatic N) is 3. The predicted octanol–water partition coefficient (Wildman–Crippen LogP) is 4.56. The molecule has 8 nitrogen and oxygen atoms in total. The molecule has 174 valence electrons. The fourth-order valence-electron chi connectivity index (χ4n) is 4.27. The minimum Gasteiger partial charge on any atom is -0.493 e. The molecule has 2 aliphatic heterocycles. The summed E-state index contributed by atoms with van der Waals surface area (Å²) in [6.45, 7) is 0.510. The second kappa shape index (κ2) is 9.64. The summed E-state index contributed by atoms with van der Waals surface area (Å²) in [5.74, 6) is 0.498. The van der Waals surface area contributed by atoms with Gasteiger partial charge in [0.15, 0.2) is 0 Å². The Balaban J connectivity index is 1.34. The fraction of sp³-hybridized carbons (Fsp3) is 0.240. The highest BCUT2D eigenvalue weighted by Gasteiger charge is 2.27. The zero-order valence-electron chi connectivity index (χ0n) is 18.6. The minimum atomic E-state index is -0.832. The highest BCUT2D eigenvalue weighted by atomic mass is 32.2. The average molecular weight is 476 g/mol. The summed E-state index contributed by atoms with van der Waals surface area (Å²) in [5.41, 5.74) is 3.82. The molecule has 4 heterocycles. The lowest BCUT2D eigenvalue weighted by atomic mass is 9.86. The van der Waals surface area contributed by atoms with Gasteiger partial charge in [-0.3, -0.25) is 9.10 Å². The van der Waals surface area contributed by atoms with Crippen molar-refractivity contribution in [2.45, 2.75) is 24.8 Å². The van der Waals surface area contributed by atoms with Gasteiger partial charge in [-0.15, -0.1) is 0 Å². The molecular weight excluding hydrogens is 450 g/mol. The molecule has 0 radical (unpaired) electrons. The molecule has 0 bridgehead atoms. The Kier molecular flexibility index (Phi) is 6.27.